The fraction of sp³-hybridized carbons (Fsp3) is 0.409. The van der Waals surface area contributed by atoms with Gasteiger partial charge in [0, 0.05) is 37.3 Å². The molecule has 0 saturated carbocycles. The van der Waals surface area contributed by atoms with E-state index in [1.54, 1.807) is 19.2 Å². The number of benzene rings is 2. The van der Waals surface area contributed by atoms with Crippen molar-refractivity contribution >= 4 is 35.7 Å². The molecule has 2 heterocycles. The Morgan fingerprint density at radius 3 is 2.62 bits per heavy atom. The number of likely N-dealkylation sites (tertiary alicyclic amines) is 2. The maximum Gasteiger partial charge on any atom is 0.321 e. The van der Waals surface area contributed by atoms with Crippen molar-refractivity contribution in [3.05, 3.63) is 58.6 Å². The van der Waals surface area contributed by atoms with Crippen LogP contribution in [0, 0.1) is 18.8 Å². The van der Waals surface area contributed by atoms with Crippen molar-refractivity contribution < 1.29 is 9.53 Å². The summed E-state index contributed by atoms with van der Waals surface area (Å²) in [4.78, 5) is 17.2. The molecule has 0 aromatic heterocycles. The third-order valence-corrected chi connectivity index (χ3v) is 6.39. The van der Waals surface area contributed by atoms with Crippen molar-refractivity contribution in [3.63, 3.8) is 0 Å². The molecule has 0 aliphatic carbocycles. The van der Waals surface area contributed by atoms with E-state index in [2.05, 4.69) is 48.5 Å². The number of nitrogens with zero attached hydrogens (tertiary/aromatic N) is 2. The van der Waals surface area contributed by atoms with Gasteiger partial charge in [0.1, 0.15) is 5.75 Å². The minimum Gasteiger partial charge on any atom is -0.495 e. The molecule has 156 valence electrons. The standard InChI is InChI=1S/C22H26ClN3O2.ClH/c1-14-6-4-5-7-17(14)21-18-13-26(12-15(18)11-25(21)2)22(27)24-16-8-9-20(28-3)19(23)10-16;/h4-10,15,18,21H,11-13H2,1-3H3,(H,24,27);1H/t15-,18+,21-;/m0./s1. The van der Waals surface area contributed by atoms with Crippen molar-refractivity contribution in [2.75, 3.05) is 39.1 Å². The van der Waals surface area contributed by atoms with Gasteiger partial charge in [-0.1, -0.05) is 35.9 Å². The molecule has 2 aromatic rings. The molecule has 2 fully saturated rings. The van der Waals surface area contributed by atoms with Gasteiger partial charge in [-0.2, -0.15) is 0 Å². The molecule has 7 heteroatoms. The Bertz CT molecular complexity index is 892. The number of urea groups is 1. The van der Waals surface area contributed by atoms with Crippen LogP contribution < -0.4 is 10.1 Å². The maximum absolute atomic E-state index is 12.8. The molecule has 2 aliphatic rings. The Morgan fingerprint density at radius 1 is 1.17 bits per heavy atom. The molecule has 5 nitrogen and oxygen atoms in total. The molecule has 0 radical (unpaired) electrons. The predicted octanol–water partition coefficient (Wildman–Crippen LogP) is 4.85. The summed E-state index contributed by atoms with van der Waals surface area (Å²) in [5, 5.41) is 3.46. The number of halogens is 2. The Morgan fingerprint density at radius 2 is 1.93 bits per heavy atom. The first-order chi connectivity index (χ1) is 13.5. The Balaban J connectivity index is 0.00000240. The minimum absolute atomic E-state index is 0. The molecular formula is C22H27Cl2N3O2. The van der Waals surface area contributed by atoms with E-state index in [4.69, 9.17) is 16.3 Å². The van der Waals surface area contributed by atoms with Crippen LogP contribution in [0.4, 0.5) is 10.5 Å². The summed E-state index contributed by atoms with van der Waals surface area (Å²) in [6.07, 6.45) is 0. The van der Waals surface area contributed by atoms with E-state index in [1.165, 1.54) is 11.1 Å². The van der Waals surface area contributed by atoms with Gasteiger partial charge >= 0.3 is 6.03 Å². The van der Waals surface area contributed by atoms with E-state index < -0.39 is 0 Å². The van der Waals surface area contributed by atoms with Crippen molar-refractivity contribution in [2.24, 2.45) is 11.8 Å². The maximum atomic E-state index is 12.8. The van der Waals surface area contributed by atoms with Crippen LogP contribution in [0.15, 0.2) is 42.5 Å². The van der Waals surface area contributed by atoms with Gasteiger partial charge < -0.3 is 15.0 Å². The van der Waals surface area contributed by atoms with Gasteiger partial charge in [-0.15, -0.1) is 12.4 Å². The lowest BCUT2D eigenvalue weighted by Crippen LogP contribution is -2.36. The Labute approximate surface area is 183 Å². The average molecular weight is 436 g/mol. The number of nitrogens with one attached hydrogen (secondary N) is 1. The molecule has 0 unspecified atom stereocenters. The van der Waals surface area contributed by atoms with Gasteiger partial charge in [0.05, 0.1) is 12.1 Å². The van der Waals surface area contributed by atoms with Gasteiger partial charge in [0.25, 0.3) is 0 Å². The second kappa shape index (κ2) is 8.82. The number of carbonyl (C=O) groups is 1. The fourth-order valence-electron chi connectivity index (χ4n) is 4.76. The highest BCUT2D eigenvalue weighted by Crippen LogP contribution is 2.44. The highest BCUT2D eigenvalue weighted by Gasteiger charge is 2.47. The van der Waals surface area contributed by atoms with Crippen LogP contribution in [0.5, 0.6) is 5.75 Å². The summed E-state index contributed by atoms with van der Waals surface area (Å²) in [6.45, 7) is 4.74. The monoisotopic (exact) mass is 435 g/mol. The number of methoxy groups -OCH3 is 1. The zero-order valence-corrected chi connectivity index (χ0v) is 18.5. The molecule has 0 bridgehead atoms. The van der Waals surface area contributed by atoms with Crippen molar-refractivity contribution in [2.45, 2.75) is 13.0 Å². The number of aryl methyl sites for hydroxylation is 1. The minimum atomic E-state index is -0.0678. The van der Waals surface area contributed by atoms with Gasteiger partial charge in [0.15, 0.2) is 0 Å². The molecule has 2 aromatic carbocycles. The van der Waals surface area contributed by atoms with Crippen LogP contribution in [0.1, 0.15) is 17.2 Å². The zero-order valence-electron chi connectivity index (χ0n) is 16.9. The van der Waals surface area contributed by atoms with E-state index >= 15 is 0 Å². The summed E-state index contributed by atoms with van der Waals surface area (Å²) in [5.74, 6) is 1.55. The van der Waals surface area contributed by atoms with E-state index in [-0.39, 0.29) is 18.4 Å². The summed E-state index contributed by atoms with van der Waals surface area (Å²) in [5.41, 5.74) is 3.37. The quantitative estimate of drug-likeness (QED) is 0.749. The fourth-order valence-corrected chi connectivity index (χ4v) is 5.01. The lowest BCUT2D eigenvalue weighted by atomic mass is 9.88. The van der Waals surface area contributed by atoms with Crippen LogP contribution in [-0.2, 0) is 0 Å². The summed E-state index contributed by atoms with van der Waals surface area (Å²) in [7, 11) is 3.77. The first kappa shape index (κ1) is 21.8. The van der Waals surface area contributed by atoms with E-state index in [0.29, 0.717) is 34.3 Å². The molecule has 29 heavy (non-hydrogen) atoms. The van der Waals surface area contributed by atoms with Gasteiger partial charge in [-0.25, -0.2) is 4.79 Å². The number of rotatable bonds is 3. The molecule has 2 saturated heterocycles. The van der Waals surface area contributed by atoms with E-state index in [0.717, 1.165) is 19.6 Å². The average Bonchev–Trinajstić information content (AvgIpc) is 3.19. The first-order valence-corrected chi connectivity index (χ1v) is 10.0. The topological polar surface area (TPSA) is 44.8 Å². The molecule has 2 aliphatic heterocycles. The van der Waals surface area contributed by atoms with Gasteiger partial charge in [-0.05, 0) is 49.2 Å². The largest absolute Gasteiger partial charge is 0.495 e. The third kappa shape index (κ3) is 4.18. The predicted molar refractivity (Wildman–Crippen MR) is 119 cm³/mol. The molecule has 0 spiro atoms. The molecule has 1 N–H and O–H groups in total. The van der Waals surface area contributed by atoms with E-state index in [9.17, 15) is 4.79 Å². The highest BCUT2D eigenvalue weighted by atomic mass is 35.5. The SMILES string of the molecule is COc1ccc(NC(=O)N2C[C@@H]3CN(C)[C@@H](c4ccccc4C)[C@@H]3C2)cc1Cl.Cl. The second-order valence-electron chi connectivity index (χ2n) is 7.85. The number of ether oxygens (including phenoxy) is 1. The van der Waals surface area contributed by atoms with Crippen LogP contribution >= 0.6 is 24.0 Å². The van der Waals surface area contributed by atoms with Crippen molar-refractivity contribution in [1.82, 2.24) is 9.80 Å². The smallest absolute Gasteiger partial charge is 0.321 e. The van der Waals surface area contributed by atoms with E-state index in [1.807, 2.05) is 11.0 Å². The molecule has 2 amide bonds. The summed E-state index contributed by atoms with van der Waals surface area (Å²) in [6, 6.07) is 14.2. The van der Waals surface area contributed by atoms with Crippen LogP contribution in [-0.4, -0.2) is 49.6 Å². The van der Waals surface area contributed by atoms with Crippen LogP contribution in [0.25, 0.3) is 0 Å². The third-order valence-electron chi connectivity index (χ3n) is 6.09. The van der Waals surface area contributed by atoms with Crippen LogP contribution in [0.3, 0.4) is 0 Å². The lowest BCUT2D eigenvalue weighted by molar-refractivity contribution is 0.205. The van der Waals surface area contributed by atoms with Crippen molar-refractivity contribution in [1.29, 1.82) is 0 Å². The molecule has 4 rings (SSSR count). The first-order valence-electron chi connectivity index (χ1n) is 9.63. The van der Waals surface area contributed by atoms with Gasteiger partial charge in [-0.3, -0.25) is 4.90 Å². The molecular weight excluding hydrogens is 409 g/mol. The number of hydrogen-bond donors (Lipinski definition) is 1. The lowest BCUT2D eigenvalue weighted by Gasteiger charge is -2.28. The second-order valence-corrected chi connectivity index (χ2v) is 8.26. The summed E-state index contributed by atoms with van der Waals surface area (Å²) >= 11 is 6.17. The number of anilines is 1. The number of amides is 2. The van der Waals surface area contributed by atoms with Crippen molar-refractivity contribution in [3.8, 4) is 5.75 Å². The number of hydrogen-bond acceptors (Lipinski definition) is 3. The number of fused-ring (bicyclic) bond motifs is 1. The number of carbonyl (C=O) groups excluding carboxylic acids is 1. The van der Waals surface area contributed by atoms with Gasteiger partial charge in [0.2, 0.25) is 0 Å². The Kier molecular flexibility index (Phi) is 6.62. The molecule has 3 atom stereocenters. The zero-order chi connectivity index (χ0) is 19.8. The summed E-state index contributed by atoms with van der Waals surface area (Å²) < 4.78 is 5.17. The highest BCUT2D eigenvalue weighted by molar-refractivity contribution is 6.32. The normalized spacial score (nSPS) is 23.4. The Hall–Kier alpha value is -1.95. The van der Waals surface area contributed by atoms with Crippen LogP contribution in [0.2, 0.25) is 5.02 Å².